The molecule has 0 aromatic heterocycles. The number of nitrogens with two attached hydrogens (primary N) is 1. The predicted octanol–water partition coefficient (Wildman–Crippen LogP) is 2.99. The number of nitrogen functional groups attached to an aromatic ring is 1. The summed E-state index contributed by atoms with van der Waals surface area (Å²) >= 11 is 0. The lowest BCUT2D eigenvalue weighted by molar-refractivity contribution is -0.113. The van der Waals surface area contributed by atoms with Crippen molar-refractivity contribution in [2.45, 2.75) is 52.2 Å². The molecule has 1 aromatic carbocycles. The van der Waals surface area contributed by atoms with E-state index in [1.54, 1.807) is 0 Å². The van der Waals surface area contributed by atoms with Crippen LogP contribution in [0.15, 0.2) is 24.3 Å². The highest BCUT2D eigenvalue weighted by Crippen LogP contribution is 2.42. The van der Waals surface area contributed by atoms with Gasteiger partial charge in [0, 0.05) is 23.8 Å². The number of hydrogen-bond donors (Lipinski definition) is 2. The molecule has 0 spiro atoms. The minimum absolute atomic E-state index is 0.261. The second kappa shape index (κ2) is 6.59. The van der Waals surface area contributed by atoms with E-state index in [2.05, 4.69) is 38.2 Å². The zero-order valence-corrected chi connectivity index (χ0v) is 13.0. The van der Waals surface area contributed by atoms with E-state index in [4.69, 9.17) is 10.5 Å². The molecule has 0 radical (unpaired) electrons. The molecule has 2 rings (SSSR count). The van der Waals surface area contributed by atoms with Crippen LogP contribution in [0.3, 0.4) is 0 Å². The summed E-state index contributed by atoms with van der Waals surface area (Å²) in [5, 5.41) is 3.67. The molecular formula is C17H28N2O. The first-order chi connectivity index (χ1) is 9.54. The molecule has 1 fully saturated rings. The fourth-order valence-corrected chi connectivity index (χ4v) is 2.97. The van der Waals surface area contributed by atoms with E-state index in [0.717, 1.165) is 38.1 Å². The lowest BCUT2D eigenvalue weighted by Crippen LogP contribution is -2.61. The van der Waals surface area contributed by atoms with Gasteiger partial charge in [-0.3, -0.25) is 0 Å². The second-order valence-corrected chi connectivity index (χ2v) is 6.35. The van der Waals surface area contributed by atoms with Crippen molar-refractivity contribution >= 4 is 5.69 Å². The van der Waals surface area contributed by atoms with Gasteiger partial charge in [-0.2, -0.15) is 0 Å². The third-order valence-corrected chi connectivity index (χ3v) is 4.56. The molecule has 112 valence electrons. The van der Waals surface area contributed by atoms with Crippen molar-refractivity contribution in [1.29, 1.82) is 0 Å². The van der Waals surface area contributed by atoms with Crippen LogP contribution < -0.4 is 11.1 Å². The smallest absolute Gasteiger partial charge is 0.0655 e. The second-order valence-electron chi connectivity index (χ2n) is 6.35. The van der Waals surface area contributed by atoms with E-state index in [1.165, 1.54) is 5.56 Å². The fourth-order valence-electron chi connectivity index (χ4n) is 2.97. The van der Waals surface area contributed by atoms with Gasteiger partial charge < -0.3 is 15.8 Å². The van der Waals surface area contributed by atoms with E-state index in [1.807, 2.05) is 12.1 Å². The van der Waals surface area contributed by atoms with Crippen LogP contribution >= 0.6 is 0 Å². The minimum Gasteiger partial charge on any atom is -0.399 e. The summed E-state index contributed by atoms with van der Waals surface area (Å²) in [5.74, 6) is 0. The highest BCUT2D eigenvalue weighted by Gasteiger charge is 2.48. The van der Waals surface area contributed by atoms with Gasteiger partial charge in [-0.1, -0.05) is 26.0 Å². The normalized spacial score (nSPS) is 24.4. The summed E-state index contributed by atoms with van der Waals surface area (Å²) in [7, 11) is 0. The monoisotopic (exact) mass is 276 g/mol. The summed E-state index contributed by atoms with van der Waals surface area (Å²) in [4.78, 5) is 0. The predicted molar refractivity (Wildman–Crippen MR) is 84.8 cm³/mol. The Labute approximate surface area is 122 Å². The molecule has 0 bridgehead atoms. The lowest BCUT2D eigenvalue weighted by Gasteiger charge is -2.52. The number of nitrogens with one attached hydrogen (secondary N) is 1. The molecular weight excluding hydrogens is 248 g/mol. The average Bonchev–Trinajstić information content (AvgIpc) is 2.43. The Morgan fingerprint density at radius 3 is 2.60 bits per heavy atom. The third-order valence-electron chi connectivity index (χ3n) is 4.56. The summed E-state index contributed by atoms with van der Waals surface area (Å²) in [5.41, 5.74) is 8.15. The third kappa shape index (κ3) is 3.53. The van der Waals surface area contributed by atoms with Gasteiger partial charge in [-0.15, -0.1) is 0 Å². The molecule has 1 aromatic rings. The van der Waals surface area contributed by atoms with Crippen LogP contribution in [0.4, 0.5) is 5.69 Å². The first-order valence-electron chi connectivity index (χ1n) is 7.73. The van der Waals surface area contributed by atoms with Crippen LogP contribution in [0.5, 0.6) is 0 Å². The summed E-state index contributed by atoms with van der Waals surface area (Å²) in [6.07, 6.45) is 3.83. The van der Waals surface area contributed by atoms with Gasteiger partial charge in [0.2, 0.25) is 0 Å². The zero-order chi connectivity index (χ0) is 14.6. The van der Waals surface area contributed by atoms with Crippen molar-refractivity contribution in [2.24, 2.45) is 5.41 Å². The first kappa shape index (κ1) is 15.3. The topological polar surface area (TPSA) is 47.3 Å². The lowest BCUT2D eigenvalue weighted by atomic mass is 9.64. The molecule has 0 heterocycles. The van der Waals surface area contributed by atoms with E-state index < -0.39 is 0 Å². The van der Waals surface area contributed by atoms with E-state index in [-0.39, 0.29) is 5.41 Å². The molecule has 1 aliphatic rings. The molecule has 0 saturated heterocycles. The zero-order valence-electron chi connectivity index (χ0n) is 13.0. The number of hydrogen-bond acceptors (Lipinski definition) is 3. The molecule has 2 atom stereocenters. The molecule has 0 amide bonds. The molecule has 1 saturated carbocycles. The Morgan fingerprint density at radius 2 is 2.00 bits per heavy atom. The van der Waals surface area contributed by atoms with Crippen LogP contribution in [0, 0.1) is 5.41 Å². The molecule has 2 unspecified atom stereocenters. The maximum absolute atomic E-state index is 5.76. The van der Waals surface area contributed by atoms with Gasteiger partial charge in [-0.05, 0) is 50.4 Å². The number of ether oxygens (including phenoxy) is 1. The number of anilines is 1. The largest absolute Gasteiger partial charge is 0.399 e. The van der Waals surface area contributed by atoms with Crippen LogP contribution in [0.1, 0.15) is 39.2 Å². The summed E-state index contributed by atoms with van der Waals surface area (Å²) in [6.45, 7) is 8.56. The minimum atomic E-state index is 0.261. The Kier molecular flexibility index (Phi) is 5.06. The van der Waals surface area contributed by atoms with Gasteiger partial charge in [0.05, 0.1) is 6.10 Å². The number of rotatable bonds is 7. The Hall–Kier alpha value is -1.06. The van der Waals surface area contributed by atoms with E-state index in [0.29, 0.717) is 12.1 Å². The van der Waals surface area contributed by atoms with E-state index >= 15 is 0 Å². The average molecular weight is 276 g/mol. The Morgan fingerprint density at radius 1 is 1.30 bits per heavy atom. The highest BCUT2D eigenvalue weighted by atomic mass is 16.5. The Balaban J connectivity index is 1.66. The van der Waals surface area contributed by atoms with Crippen LogP contribution in [0.2, 0.25) is 0 Å². The van der Waals surface area contributed by atoms with Gasteiger partial charge in [0.25, 0.3) is 0 Å². The molecule has 3 N–H and O–H groups in total. The van der Waals surface area contributed by atoms with Gasteiger partial charge >= 0.3 is 0 Å². The van der Waals surface area contributed by atoms with Gasteiger partial charge in [0.15, 0.2) is 0 Å². The summed E-state index contributed by atoms with van der Waals surface area (Å²) in [6, 6.07) is 8.78. The molecule has 1 aliphatic carbocycles. The van der Waals surface area contributed by atoms with Crippen molar-refractivity contribution in [3.63, 3.8) is 0 Å². The SMILES string of the molecule is CCOC1CC(NCCCc2ccc(N)cc2)C1(C)C. The van der Waals surface area contributed by atoms with Crippen molar-refractivity contribution in [1.82, 2.24) is 5.32 Å². The number of aryl methyl sites for hydroxylation is 1. The van der Waals surface area contributed by atoms with Crippen LogP contribution in [0.25, 0.3) is 0 Å². The quantitative estimate of drug-likeness (QED) is 0.594. The fraction of sp³-hybridized carbons (Fsp3) is 0.647. The van der Waals surface area contributed by atoms with Crippen molar-refractivity contribution in [3.05, 3.63) is 29.8 Å². The van der Waals surface area contributed by atoms with Crippen LogP contribution in [-0.4, -0.2) is 25.3 Å². The molecule has 20 heavy (non-hydrogen) atoms. The molecule has 0 aliphatic heterocycles. The summed E-state index contributed by atoms with van der Waals surface area (Å²) < 4.78 is 5.76. The molecule has 3 heteroatoms. The van der Waals surface area contributed by atoms with Crippen molar-refractivity contribution in [3.8, 4) is 0 Å². The Bertz CT molecular complexity index is 414. The van der Waals surface area contributed by atoms with Gasteiger partial charge in [-0.25, -0.2) is 0 Å². The maximum atomic E-state index is 5.76. The number of benzene rings is 1. The van der Waals surface area contributed by atoms with Crippen molar-refractivity contribution < 1.29 is 4.74 Å². The van der Waals surface area contributed by atoms with Crippen LogP contribution in [-0.2, 0) is 11.2 Å². The maximum Gasteiger partial charge on any atom is 0.0655 e. The van der Waals surface area contributed by atoms with Crippen molar-refractivity contribution in [2.75, 3.05) is 18.9 Å². The van der Waals surface area contributed by atoms with Gasteiger partial charge in [0.1, 0.15) is 0 Å². The highest BCUT2D eigenvalue weighted by molar-refractivity contribution is 5.39. The first-order valence-corrected chi connectivity index (χ1v) is 7.73. The molecule has 3 nitrogen and oxygen atoms in total. The van der Waals surface area contributed by atoms with E-state index in [9.17, 15) is 0 Å². The standard InChI is InChI=1S/C17H28N2O/c1-4-20-16-12-15(17(16,2)3)19-11-5-6-13-7-9-14(18)10-8-13/h7-10,15-16,19H,4-6,11-12,18H2,1-3H3.